The van der Waals surface area contributed by atoms with Gasteiger partial charge in [-0.05, 0) is 0 Å². The van der Waals surface area contributed by atoms with E-state index in [-0.39, 0.29) is 0 Å². The average molecular weight is 426 g/mol. The summed E-state index contributed by atoms with van der Waals surface area (Å²) in [6.45, 7) is 0. The van der Waals surface area contributed by atoms with Gasteiger partial charge in [-0.1, -0.05) is 48.6 Å². The molecule has 2 aromatic carbocycles. The first kappa shape index (κ1) is 20.1. The fourth-order valence-corrected chi connectivity index (χ4v) is 3.57. The third kappa shape index (κ3) is 2.81. The van der Waals surface area contributed by atoms with Gasteiger partial charge in [-0.15, -0.1) is 0 Å². The third-order valence-electron chi connectivity index (χ3n) is 5.01. The molecule has 0 aliphatic heterocycles. The molecule has 2 aromatic rings. The molecule has 0 nitrogen and oxygen atoms in total. The van der Waals surface area contributed by atoms with Crippen molar-refractivity contribution in [2.45, 2.75) is 11.8 Å². The van der Waals surface area contributed by atoms with Crippen LogP contribution in [0, 0.1) is 46.5 Å². The van der Waals surface area contributed by atoms with Crippen molar-refractivity contribution >= 4 is 0 Å². The lowest BCUT2D eigenvalue weighted by molar-refractivity contribution is 0.427. The van der Waals surface area contributed by atoms with Crippen LogP contribution in [0.1, 0.15) is 23.0 Å². The summed E-state index contributed by atoms with van der Waals surface area (Å²) in [5.41, 5.74) is -5.79. The van der Waals surface area contributed by atoms with Gasteiger partial charge in [-0.25, -0.2) is 35.1 Å². The van der Waals surface area contributed by atoms with Gasteiger partial charge in [0.1, 0.15) is 0 Å². The first-order valence-electron chi connectivity index (χ1n) is 8.67. The molecule has 0 radical (unpaired) electrons. The minimum absolute atomic E-state index is 1.03. The van der Waals surface area contributed by atoms with Gasteiger partial charge >= 0.3 is 0 Å². The fraction of sp³-hybridized carbons (Fsp3) is 0.0909. The van der Waals surface area contributed by atoms with E-state index in [0.29, 0.717) is 0 Å². The highest BCUT2D eigenvalue weighted by molar-refractivity contribution is 5.69. The van der Waals surface area contributed by atoms with Crippen LogP contribution in [-0.2, 0) is 0 Å². The molecule has 30 heavy (non-hydrogen) atoms. The SMILES string of the molecule is Fc1c(F)c(C2C=CC=C2)c(F)c(F)c1-c1c(F)c(F)c(C2C=CC=C2)c(F)c1F. The Morgan fingerprint density at radius 1 is 0.367 bits per heavy atom. The maximum absolute atomic E-state index is 14.6. The quantitative estimate of drug-likeness (QED) is 0.371. The lowest BCUT2D eigenvalue weighted by atomic mass is 9.91. The van der Waals surface area contributed by atoms with E-state index in [2.05, 4.69) is 0 Å². The molecule has 0 fully saturated rings. The summed E-state index contributed by atoms with van der Waals surface area (Å²) in [4.78, 5) is 0. The molecule has 0 bridgehead atoms. The molecule has 4 rings (SSSR count). The number of halogens is 8. The van der Waals surface area contributed by atoms with E-state index < -0.39 is 80.6 Å². The zero-order chi connectivity index (χ0) is 21.7. The van der Waals surface area contributed by atoms with Gasteiger partial charge in [-0.2, -0.15) is 0 Å². The second-order valence-corrected chi connectivity index (χ2v) is 6.68. The van der Waals surface area contributed by atoms with Crippen LogP contribution in [0.3, 0.4) is 0 Å². The van der Waals surface area contributed by atoms with E-state index in [1.165, 1.54) is 48.6 Å². The highest BCUT2D eigenvalue weighted by Crippen LogP contribution is 2.42. The summed E-state index contributed by atoms with van der Waals surface area (Å²) in [6, 6.07) is 0. The highest BCUT2D eigenvalue weighted by atomic mass is 19.2. The van der Waals surface area contributed by atoms with Crippen molar-refractivity contribution in [2.75, 3.05) is 0 Å². The van der Waals surface area contributed by atoms with Crippen molar-refractivity contribution < 1.29 is 35.1 Å². The summed E-state index contributed by atoms with van der Waals surface area (Å²) < 4.78 is 117. The molecule has 0 spiro atoms. The number of rotatable bonds is 3. The molecular formula is C22H10F8. The van der Waals surface area contributed by atoms with Crippen LogP contribution in [0.4, 0.5) is 35.1 Å². The third-order valence-corrected chi connectivity index (χ3v) is 5.01. The van der Waals surface area contributed by atoms with Gasteiger partial charge in [0.25, 0.3) is 0 Å². The van der Waals surface area contributed by atoms with Gasteiger partial charge in [-0.3, -0.25) is 0 Å². The predicted octanol–water partition coefficient (Wildman–Crippen LogP) is 6.89. The van der Waals surface area contributed by atoms with Gasteiger partial charge in [0, 0.05) is 23.0 Å². The molecular weight excluding hydrogens is 416 g/mol. The molecule has 0 aromatic heterocycles. The van der Waals surface area contributed by atoms with Crippen LogP contribution < -0.4 is 0 Å². The van der Waals surface area contributed by atoms with Crippen LogP contribution in [0.2, 0.25) is 0 Å². The minimum Gasteiger partial charge on any atom is -0.203 e. The fourth-order valence-electron chi connectivity index (χ4n) is 3.57. The summed E-state index contributed by atoms with van der Waals surface area (Å²) in [5.74, 6) is -18.7. The van der Waals surface area contributed by atoms with Crippen LogP contribution >= 0.6 is 0 Å². The molecule has 0 atom stereocenters. The van der Waals surface area contributed by atoms with Crippen LogP contribution in [0.25, 0.3) is 11.1 Å². The Morgan fingerprint density at radius 2 is 0.600 bits per heavy atom. The van der Waals surface area contributed by atoms with E-state index in [1.807, 2.05) is 0 Å². The molecule has 0 amide bonds. The van der Waals surface area contributed by atoms with E-state index >= 15 is 0 Å². The Morgan fingerprint density at radius 3 is 0.833 bits per heavy atom. The molecule has 0 saturated heterocycles. The van der Waals surface area contributed by atoms with Crippen molar-refractivity contribution in [3.8, 4) is 11.1 Å². The standard InChI is InChI=1S/C22H10F8/c23-15-11(9-5-1-2-6-9)16(24)20(28)13(19(15)27)14-21(29)17(25)12(18(26)22(14)30)10-7-3-4-8-10/h1-10H. The summed E-state index contributed by atoms with van der Waals surface area (Å²) in [7, 11) is 0. The van der Waals surface area contributed by atoms with E-state index in [9.17, 15) is 35.1 Å². The van der Waals surface area contributed by atoms with Crippen molar-refractivity contribution in [1.82, 2.24) is 0 Å². The van der Waals surface area contributed by atoms with E-state index in [0.717, 1.165) is 0 Å². The van der Waals surface area contributed by atoms with E-state index in [1.54, 1.807) is 0 Å². The molecule has 0 unspecified atom stereocenters. The summed E-state index contributed by atoms with van der Waals surface area (Å²) >= 11 is 0. The topological polar surface area (TPSA) is 0 Å². The second kappa shape index (κ2) is 7.27. The van der Waals surface area contributed by atoms with Gasteiger partial charge in [0.2, 0.25) is 0 Å². The van der Waals surface area contributed by atoms with Gasteiger partial charge < -0.3 is 0 Å². The predicted molar refractivity (Wildman–Crippen MR) is 93.6 cm³/mol. The normalized spacial score (nSPS) is 15.9. The molecule has 2 aliphatic carbocycles. The molecule has 2 aliphatic rings. The Bertz CT molecular complexity index is 1010. The number of hydrogen-bond acceptors (Lipinski definition) is 0. The zero-order valence-electron chi connectivity index (χ0n) is 14.8. The van der Waals surface area contributed by atoms with Crippen molar-refractivity contribution in [2.24, 2.45) is 0 Å². The minimum atomic E-state index is -2.16. The van der Waals surface area contributed by atoms with Crippen molar-refractivity contribution in [1.29, 1.82) is 0 Å². The first-order valence-corrected chi connectivity index (χ1v) is 8.67. The van der Waals surface area contributed by atoms with Gasteiger partial charge in [0.15, 0.2) is 46.5 Å². The zero-order valence-corrected chi connectivity index (χ0v) is 14.8. The maximum atomic E-state index is 14.6. The average Bonchev–Trinajstić information content (AvgIpc) is 3.42. The smallest absolute Gasteiger partial charge is 0.170 e. The van der Waals surface area contributed by atoms with Gasteiger partial charge in [0.05, 0.1) is 11.1 Å². The summed E-state index contributed by atoms with van der Waals surface area (Å²) in [5, 5.41) is 0. The number of allylic oxidation sites excluding steroid dienone is 8. The largest absolute Gasteiger partial charge is 0.203 e. The first-order chi connectivity index (χ1) is 14.3. The lowest BCUT2D eigenvalue weighted by Gasteiger charge is -2.18. The van der Waals surface area contributed by atoms with Crippen molar-refractivity contribution in [3.63, 3.8) is 0 Å². The maximum Gasteiger partial charge on any atom is 0.170 e. The number of hydrogen-bond donors (Lipinski definition) is 0. The Labute approximate surface area is 165 Å². The van der Waals surface area contributed by atoms with Crippen LogP contribution in [0.5, 0.6) is 0 Å². The van der Waals surface area contributed by atoms with Crippen LogP contribution in [0.15, 0.2) is 48.6 Å². The lowest BCUT2D eigenvalue weighted by Crippen LogP contribution is -2.13. The Hall–Kier alpha value is -3.16. The van der Waals surface area contributed by atoms with Crippen LogP contribution in [-0.4, -0.2) is 0 Å². The number of benzene rings is 2. The molecule has 0 heterocycles. The monoisotopic (exact) mass is 426 g/mol. The molecule has 0 saturated carbocycles. The summed E-state index contributed by atoms with van der Waals surface area (Å²) in [6.07, 6.45) is 10.4. The van der Waals surface area contributed by atoms with E-state index in [4.69, 9.17) is 0 Å². The Kier molecular flexibility index (Phi) is 4.88. The highest BCUT2D eigenvalue weighted by Gasteiger charge is 2.36. The molecule has 0 N–H and O–H groups in total. The molecule has 154 valence electrons. The van der Waals surface area contributed by atoms with Crippen molar-refractivity contribution in [3.05, 3.63) is 106 Å². The molecule has 8 heteroatoms. The second-order valence-electron chi connectivity index (χ2n) is 6.68. The Balaban J connectivity index is 2.00.